The summed E-state index contributed by atoms with van der Waals surface area (Å²) in [5, 5.41) is 32.4. The van der Waals surface area contributed by atoms with E-state index in [2.05, 4.69) is 25.2 Å². The minimum absolute atomic E-state index is 0.333. The van der Waals surface area contributed by atoms with Gasteiger partial charge in [0.1, 0.15) is 6.10 Å². The SMILES string of the molecule is CCCCCC/C=C\CCC(O)C(=O)NC(CO)C(O)/C=C/CCCCCCCCCC. The molecule has 5 nitrogen and oxygen atoms in total. The molecule has 0 aromatic heterocycles. The lowest BCUT2D eigenvalue weighted by molar-refractivity contribution is -0.131. The number of rotatable bonds is 22. The Morgan fingerprint density at radius 1 is 0.750 bits per heavy atom. The number of carbonyl (C=O) groups is 1. The summed E-state index contributed by atoms with van der Waals surface area (Å²) >= 11 is 0. The zero-order valence-corrected chi connectivity index (χ0v) is 20.8. The highest BCUT2D eigenvalue weighted by Gasteiger charge is 2.22. The molecule has 0 saturated heterocycles. The highest BCUT2D eigenvalue weighted by atomic mass is 16.3. The van der Waals surface area contributed by atoms with Gasteiger partial charge in [-0.3, -0.25) is 4.79 Å². The number of nitrogens with one attached hydrogen (secondary N) is 1. The van der Waals surface area contributed by atoms with Crippen LogP contribution in [0.5, 0.6) is 0 Å². The van der Waals surface area contributed by atoms with Crippen LogP contribution in [0.3, 0.4) is 0 Å². The summed E-state index contributed by atoms with van der Waals surface area (Å²) in [6.45, 7) is 4.04. The van der Waals surface area contributed by atoms with Crippen LogP contribution in [0.4, 0.5) is 0 Å². The monoisotopic (exact) mass is 453 g/mol. The van der Waals surface area contributed by atoms with Crippen LogP contribution in [0, 0.1) is 0 Å². The van der Waals surface area contributed by atoms with Crippen LogP contribution in [0.1, 0.15) is 117 Å². The van der Waals surface area contributed by atoms with Gasteiger partial charge in [0.05, 0.1) is 18.8 Å². The van der Waals surface area contributed by atoms with Gasteiger partial charge in [0.2, 0.25) is 5.91 Å². The molecule has 5 heteroatoms. The Hall–Kier alpha value is -1.17. The van der Waals surface area contributed by atoms with E-state index in [4.69, 9.17) is 0 Å². The Bertz CT molecular complexity index is 478. The second-order valence-corrected chi connectivity index (χ2v) is 8.89. The first-order valence-electron chi connectivity index (χ1n) is 13.2. The number of unbranched alkanes of at least 4 members (excludes halogenated alkanes) is 12. The van der Waals surface area contributed by atoms with E-state index >= 15 is 0 Å². The lowest BCUT2D eigenvalue weighted by Gasteiger charge is -2.21. The molecule has 0 radical (unpaired) electrons. The number of carbonyl (C=O) groups excluding carboxylic acids is 1. The maximum atomic E-state index is 12.2. The van der Waals surface area contributed by atoms with Crippen molar-refractivity contribution in [2.75, 3.05) is 6.61 Å². The van der Waals surface area contributed by atoms with Gasteiger partial charge in [-0.1, -0.05) is 102 Å². The van der Waals surface area contributed by atoms with Crippen molar-refractivity contribution in [2.24, 2.45) is 0 Å². The summed E-state index contributed by atoms with van der Waals surface area (Å²) in [7, 11) is 0. The van der Waals surface area contributed by atoms with Gasteiger partial charge in [-0.15, -0.1) is 0 Å². The molecule has 0 heterocycles. The first kappa shape index (κ1) is 30.8. The van der Waals surface area contributed by atoms with Gasteiger partial charge in [0.25, 0.3) is 0 Å². The summed E-state index contributed by atoms with van der Waals surface area (Å²) in [6, 6.07) is -0.805. The molecular weight excluding hydrogens is 402 g/mol. The van der Waals surface area contributed by atoms with Gasteiger partial charge < -0.3 is 20.6 Å². The summed E-state index contributed by atoms with van der Waals surface area (Å²) < 4.78 is 0. The third-order valence-electron chi connectivity index (χ3n) is 5.79. The maximum absolute atomic E-state index is 12.2. The normalized spacial score (nSPS) is 14.8. The second kappa shape index (κ2) is 23.0. The molecule has 0 bridgehead atoms. The average molecular weight is 454 g/mol. The quantitative estimate of drug-likeness (QED) is 0.127. The predicted molar refractivity (Wildman–Crippen MR) is 135 cm³/mol. The molecule has 0 aromatic carbocycles. The van der Waals surface area contributed by atoms with Gasteiger partial charge in [-0.25, -0.2) is 0 Å². The standard InChI is InChI=1S/C27H51NO4/c1-3-5-7-9-11-13-14-16-17-19-21-25(30)24(23-29)28-27(32)26(31)22-20-18-15-12-10-8-6-4-2/h15,18-19,21,24-26,29-31H,3-14,16-17,20,22-23H2,1-2H3,(H,28,32)/b18-15-,21-19+. The Morgan fingerprint density at radius 3 is 1.84 bits per heavy atom. The largest absolute Gasteiger partial charge is 0.394 e. The Kier molecular flexibility index (Phi) is 22.2. The van der Waals surface area contributed by atoms with Crippen LogP contribution in [-0.4, -0.2) is 46.1 Å². The first-order valence-corrected chi connectivity index (χ1v) is 13.2. The summed E-state index contributed by atoms with van der Waals surface area (Å²) in [4.78, 5) is 12.2. The van der Waals surface area contributed by atoms with Gasteiger partial charge in [-0.2, -0.15) is 0 Å². The lowest BCUT2D eigenvalue weighted by Crippen LogP contribution is -2.48. The molecule has 1 amide bonds. The Balaban J connectivity index is 3.99. The minimum atomic E-state index is -1.14. The number of hydrogen-bond donors (Lipinski definition) is 4. The number of amides is 1. The van der Waals surface area contributed by atoms with Crippen LogP contribution in [-0.2, 0) is 4.79 Å². The Morgan fingerprint density at radius 2 is 1.25 bits per heavy atom. The molecule has 32 heavy (non-hydrogen) atoms. The first-order chi connectivity index (χ1) is 15.6. The minimum Gasteiger partial charge on any atom is -0.394 e. The highest BCUT2D eigenvalue weighted by molar-refractivity contribution is 5.80. The van der Waals surface area contributed by atoms with Crippen LogP contribution in [0.25, 0.3) is 0 Å². The number of aliphatic hydroxyl groups is 3. The number of hydrogen-bond acceptors (Lipinski definition) is 4. The van der Waals surface area contributed by atoms with E-state index in [0.29, 0.717) is 12.8 Å². The fourth-order valence-corrected chi connectivity index (χ4v) is 3.59. The lowest BCUT2D eigenvalue weighted by atomic mass is 10.1. The topological polar surface area (TPSA) is 89.8 Å². The van der Waals surface area contributed by atoms with E-state index < -0.39 is 24.2 Å². The van der Waals surface area contributed by atoms with Crippen LogP contribution in [0.15, 0.2) is 24.3 Å². The van der Waals surface area contributed by atoms with E-state index in [-0.39, 0.29) is 6.61 Å². The molecule has 0 spiro atoms. The van der Waals surface area contributed by atoms with Crippen LogP contribution < -0.4 is 5.32 Å². The van der Waals surface area contributed by atoms with Gasteiger partial charge in [0, 0.05) is 0 Å². The van der Waals surface area contributed by atoms with E-state index in [1.54, 1.807) is 6.08 Å². The molecule has 0 saturated carbocycles. The molecule has 0 aliphatic heterocycles. The molecule has 3 atom stereocenters. The molecule has 0 fully saturated rings. The highest BCUT2D eigenvalue weighted by Crippen LogP contribution is 2.10. The zero-order valence-electron chi connectivity index (χ0n) is 20.8. The summed E-state index contributed by atoms with van der Waals surface area (Å²) in [5.74, 6) is -0.545. The number of aliphatic hydroxyl groups excluding tert-OH is 3. The third kappa shape index (κ3) is 18.4. The van der Waals surface area contributed by atoms with E-state index in [0.717, 1.165) is 19.3 Å². The number of allylic oxidation sites excluding steroid dienone is 3. The maximum Gasteiger partial charge on any atom is 0.249 e. The predicted octanol–water partition coefficient (Wildman–Crippen LogP) is 5.58. The van der Waals surface area contributed by atoms with Crippen LogP contribution >= 0.6 is 0 Å². The fourth-order valence-electron chi connectivity index (χ4n) is 3.59. The van der Waals surface area contributed by atoms with Gasteiger partial charge in [0.15, 0.2) is 0 Å². The van der Waals surface area contributed by atoms with Crippen molar-refractivity contribution in [3.8, 4) is 0 Å². The summed E-state index contributed by atoms with van der Waals surface area (Å²) in [6.07, 6.45) is 23.4. The molecule has 188 valence electrons. The van der Waals surface area contributed by atoms with Crippen molar-refractivity contribution in [2.45, 2.75) is 135 Å². The molecule has 0 aliphatic rings. The van der Waals surface area contributed by atoms with E-state index in [9.17, 15) is 20.1 Å². The summed E-state index contributed by atoms with van der Waals surface area (Å²) in [5.41, 5.74) is 0. The third-order valence-corrected chi connectivity index (χ3v) is 5.79. The van der Waals surface area contributed by atoms with Crippen molar-refractivity contribution in [1.82, 2.24) is 5.32 Å². The van der Waals surface area contributed by atoms with Crippen molar-refractivity contribution in [3.63, 3.8) is 0 Å². The van der Waals surface area contributed by atoms with E-state index in [1.807, 2.05) is 12.2 Å². The molecule has 0 rings (SSSR count). The molecular formula is C27H51NO4. The van der Waals surface area contributed by atoms with Crippen molar-refractivity contribution < 1.29 is 20.1 Å². The second-order valence-electron chi connectivity index (χ2n) is 8.89. The molecule has 4 N–H and O–H groups in total. The van der Waals surface area contributed by atoms with Crippen LogP contribution in [0.2, 0.25) is 0 Å². The van der Waals surface area contributed by atoms with Crippen molar-refractivity contribution >= 4 is 5.91 Å². The zero-order chi connectivity index (χ0) is 23.9. The van der Waals surface area contributed by atoms with Crippen molar-refractivity contribution in [1.29, 1.82) is 0 Å². The van der Waals surface area contributed by atoms with Gasteiger partial charge in [-0.05, 0) is 38.5 Å². The Labute approximate surface area is 197 Å². The molecule has 0 aliphatic carbocycles. The van der Waals surface area contributed by atoms with Gasteiger partial charge >= 0.3 is 0 Å². The fraction of sp³-hybridized carbons (Fsp3) is 0.815. The van der Waals surface area contributed by atoms with Crippen molar-refractivity contribution in [3.05, 3.63) is 24.3 Å². The van der Waals surface area contributed by atoms with E-state index in [1.165, 1.54) is 70.6 Å². The molecule has 3 unspecified atom stereocenters. The smallest absolute Gasteiger partial charge is 0.249 e. The average Bonchev–Trinajstić information content (AvgIpc) is 2.79. The molecule has 0 aromatic rings.